The fourth-order valence-corrected chi connectivity index (χ4v) is 3.47. The minimum Gasteiger partial charge on any atom is -0.341 e. The first kappa shape index (κ1) is 18.1. The molecular formula is C21H28N2O. The largest absolute Gasteiger partial charge is 0.341 e. The molecule has 3 nitrogen and oxygen atoms in total. The van der Waals surface area contributed by atoms with Crippen LogP contribution in [0, 0.1) is 12.8 Å². The highest BCUT2D eigenvalue weighted by Gasteiger charge is 2.41. The van der Waals surface area contributed by atoms with Gasteiger partial charge in [-0.05, 0) is 30.4 Å². The number of rotatable bonds is 5. The molecule has 0 aromatic heterocycles. The molecule has 0 radical (unpaired) electrons. The van der Waals surface area contributed by atoms with E-state index in [0.717, 1.165) is 17.5 Å². The molecule has 0 saturated carbocycles. The van der Waals surface area contributed by atoms with Crippen molar-refractivity contribution in [1.82, 2.24) is 10.2 Å². The molecule has 2 rings (SSSR count). The van der Waals surface area contributed by atoms with E-state index in [0.29, 0.717) is 5.92 Å². The van der Waals surface area contributed by atoms with Gasteiger partial charge in [0.1, 0.15) is 0 Å². The van der Waals surface area contributed by atoms with Crippen molar-refractivity contribution in [2.75, 3.05) is 14.1 Å². The number of hydrogen-bond acceptors (Lipinski definition) is 1. The fraction of sp³-hybridized carbons (Fsp3) is 0.381. The van der Waals surface area contributed by atoms with E-state index in [-0.39, 0.29) is 6.03 Å². The van der Waals surface area contributed by atoms with Crippen LogP contribution in [0.3, 0.4) is 0 Å². The Bertz CT molecular complexity index is 681. The lowest BCUT2D eigenvalue weighted by atomic mass is 9.75. The monoisotopic (exact) mass is 324 g/mol. The Morgan fingerprint density at radius 2 is 1.71 bits per heavy atom. The molecule has 2 aromatic rings. The van der Waals surface area contributed by atoms with Gasteiger partial charge >= 0.3 is 6.03 Å². The molecule has 128 valence electrons. The summed E-state index contributed by atoms with van der Waals surface area (Å²) in [6.45, 7) is 6.49. The molecule has 2 aromatic carbocycles. The molecule has 24 heavy (non-hydrogen) atoms. The summed E-state index contributed by atoms with van der Waals surface area (Å²) in [6.07, 6.45) is 0.852. The van der Waals surface area contributed by atoms with E-state index in [2.05, 4.69) is 62.5 Å². The molecule has 2 amide bonds. The molecule has 0 fully saturated rings. The molecule has 3 heteroatoms. The number of nitrogens with one attached hydrogen (secondary N) is 1. The smallest absolute Gasteiger partial charge is 0.317 e. The van der Waals surface area contributed by atoms with Gasteiger partial charge in [-0.15, -0.1) is 0 Å². The Kier molecular flexibility index (Phi) is 5.66. The van der Waals surface area contributed by atoms with Crippen molar-refractivity contribution in [3.8, 4) is 0 Å². The number of aryl methyl sites for hydroxylation is 1. The van der Waals surface area contributed by atoms with Gasteiger partial charge in [0.25, 0.3) is 0 Å². The van der Waals surface area contributed by atoms with Gasteiger partial charge in [0.2, 0.25) is 0 Å². The molecule has 0 heterocycles. The standard InChI is InChI=1S/C21H28N2O/c1-16(2)15-21(23(5)20(24)22-4,18-11-7-6-8-12-18)19-13-9-10-17(3)14-19/h6-14,16H,15H2,1-5H3,(H,22,24)/t21-/m1/s1. The zero-order valence-electron chi connectivity index (χ0n) is 15.3. The Morgan fingerprint density at radius 3 is 2.25 bits per heavy atom. The molecule has 0 aliphatic carbocycles. The summed E-state index contributed by atoms with van der Waals surface area (Å²) >= 11 is 0. The van der Waals surface area contributed by atoms with E-state index >= 15 is 0 Å². The summed E-state index contributed by atoms with van der Waals surface area (Å²) in [5.74, 6) is 0.429. The van der Waals surface area contributed by atoms with E-state index in [4.69, 9.17) is 0 Å². The first-order chi connectivity index (χ1) is 11.4. The summed E-state index contributed by atoms with van der Waals surface area (Å²) in [5.41, 5.74) is 2.98. The number of benzene rings is 2. The van der Waals surface area contributed by atoms with Gasteiger partial charge < -0.3 is 10.2 Å². The van der Waals surface area contributed by atoms with Crippen molar-refractivity contribution < 1.29 is 4.79 Å². The van der Waals surface area contributed by atoms with Crippen LogP contribution in [0.25, 0.3) is 0 Å². The predicted octanol–water partition coefficient (Wildman–Crippen LogP) is 4.56. The first-order valence-electron chi connectivity index (χ1n) is 8.50. The molecule has 0 unspecified atom stereocenters. The maximum atomic E-state index is 12.6. The van der Waals surface area contributed by atoms with Crippen LogP contribution in [0.5, 0.6) is 0 Å². The van der Waals surface area contributed by atoms with Gasteiger partial charge in [-0.2, -0.15) is 0 Å². The SMILES string of the molecule is CNC(=O)N(C)[C@](CC(C)C)(c1ccccc1)c1cccc(C)c1. The quantitative estimate of drug-likeness (QED) is 0.859. The van der Waals surface area contributed by atoms with E-state index in [1.807, 2.05) is 30.1 Å². The molecule has 1 N–H and O–H groups in total. The predicted molar refractivity (Wildman–Crippen MR) is 100 cm³/mol. The highest BCUT2D eigenvalue weighted by Crippen LogP contribution is 2.41. The summed E-state index contributed by atoms with van der Waals surface area (Å²) in [7, 11) is 3.57. The van der Waals surface area contributed by atoms with Crippen molar-refractivity contribution in [3.63, 3.8) is 0 Å². The van der Waals surface area contributed by atoms with Crippen LogP contribution in [0.15, 0.2) is 54.6 Å². The number of carbonyl (C=O) groups is 1. The number of urea groups is 1. The van der Waals surface area contributed by atoms with Crippen molar-refractivity contribution in [2.45, 2.75) is 32.7 Å². The maximum Gasteiger partial charge on any atom is 0.317 e. The molecule has 1 atom stereocenters. The van der Waals surface area contributed by atoms with Crippen LogP contribution < -0.4 is 5.32 Å². The third-order valence-electron chi connectivity index (χ3n) is 4.54. The van der Waals surface area contributed by atoms with Crippen molar-refractivity contribution in [2.24, 2.45) is 5.92 Å². The normalized spacial score (nSPS) is 13.4. The summed E-state index contributed by atoms with van der Waals surface area (Å²) < 4.78 is 0. The van der Waals surface area contributed by atoms with Gasteiger partial charge in [-0.3, -0.25) is 0 Å². The highest BCUT2D eigenvalue weighted by molar-refractivity contribution is 5.75. The van der Waals surface area contributed by atoms with Crippen LogP contribution in [-0.2, 0) is 5.54 Å². The van der Waals surface area contributed by atoms with Gasteiger partial charge in [0.05, 0.1) is 5.54 Å². The second kappa shape index (κ2) is 7.52. The topological polar surface area (TPSA) is 32.3 Å². The lowest BCUT2D eigenvalue weighted by Crippen LogP contribution is -2.51. The lowest BCUT2D eigenvalue weighted by Gasteiger charge is -2.44. The third kappa shape index (κ3) is 3.45. The molecular weight excluding hydrogens is 296 g/mol. The average molecular weight is 324 g/mol. The Hall–Kier alpha value is -2.29. The maximum absolute atomic E-state index is 12.6. The van der Waals surface area contributed by atoms with Gasteiger partial charge in [-0.25, -0.2) is 4.79 Å². The van der Waals surface area contributed by atoms with Crippen molar-refractivity contribution in [1.29, 1.82) is 0 Å². The molecule has 0 aliphatic heterocycles. The van der Waals surface area contributed by atoms with Gasteiger partial charge in [-0.1, -0.05) is 74.0 Å². The minimum absolute atomic E-state index is 0.0824. The van der Waals surface area contributed by atoms with E-state index in [1.54, 1.807) is 7.05 Å². The van der Waals surface area contributed by atoms with Gasteiger partial charge in [0, 0.05) is 14.1 Å². The average Bonchev–Trinajstić information content (AvgIpc) is 2.59. The van der Waals surface area contributed by atoms with Crippen LogP contribution in [0.4, 0.5) is 4.79 Å². The van der Waals surface area contributed by atoms with Crippen LogP contribution in [0.1, 0.15) is 37.0 Å². The fourth-order valence-electron chi connectivity index (χ4n) is 3.47. The summed E-state index contributed by atoms with van der Waals surface area (Å²) in [6, 6.07) is 18.7. The molecule has 0 spiro atoms. The lowest BCUT2D eigenvalue weighted by molar-refractivity contribution is 0.142. The van der Waals surface area contributed by atoms with Crippen LogP contribution in [-0.4, -0.2) is 25.0 Å². The third-order valence-corrected chi connectivity index (χ3v) is 4.54. The second-order valence-corrected chi connectivity index (χ2v) is 6.81. The Labute approximate surface area is 145 Å². The van der Waals surface area contributed by atoms with Crippen molar-refractivity contribution in [3.05, 3.63) is 71.3 Å². The Balaban J connectivity index is 2.75. The number of nitrogens with zero attached hydrogens (tertiary/aromatic N) is 1. The van der Waals surface area contributed by atoms with Crippen LogP contribution >= 0.6 is 0 Å². The minimum atomic E-state index is -0.498. The van der Waals surface area contributed by atoms with E-state index < -0.39 is 5.54 Å². The summed E-state index contributed by atoms with van der Waals surface area (Å²) in [5, 5.41) is 2.78. The first-order valence-corrected chi connectivity index (χ1v) is 8.50. The molecule has 0 bridgehead atoms. The number of carbonyl (C=O) groups excluding carboxylic acids is 1. The van der Waals surface area contributed by atoms with Crippen LogP contribution in [0.2, 0.25) is 0 Å². The van der Waals surface area contributed by atoms with Crippen molar-refractivity contribution >= 4 is 6.03 Å². The Morgan fingerprint density at radius 1 is 1.08 bits per heavy atom. The van der Waals surface area contributed by atoms with Gasteiger partial charge in [0.15, 0.2) is 0 Å². The van der Waals surface area contributed by atoms with E-state index in [9.17, 15) is 4.79 Å². The van der Waals surface area contributed by atoms with E-state index in [1.165, 1.54) is 5.56 Å². The number of hydrogen-bond donors (Lipinski definition) is 1. The summed E-state index contributed by atoms with van der Waals surface area (Å²) in [4.78, 5) is 14.4. The highest BCUT2D eigenvalue weighted by atomic mass is 16.2. The zero-order valence-corrected chi connectivity index (χ0v) is 15.3. The molecule has 0 saturated heterocycles. The molecule has 0 aliphatic rings. The zero-order chi connectivity index (χ0) is 17.7. The number of amides is 2. The second-order valence-electron chi connectivity index (χ2n) is 6.81.